The predicted octanol–water partition coefficient (Wildman–Crippen LogP) is 3.14. The summed E-state index contributed by atoms with van der Waals surface area (Å²) in [5.74, 6) is 0.202. The highest BCUT2D eigenvalue weighted by Gasteiger charge is 2.25. The van der Waals surface area contributed by atoms with E-state index in [0.717, 1.165) is 11.8 Å². The molecule has 0 spiro atoms. The van der Waals surface area contributed by atoms with Crippen LogP contribution in [0.2, 0.25) is 0 Å². The van der Waals surface area contributed by atoms with Crippen molar-refractivity contribution in [3.8, 4) is 12.0 Å². The van der Waals surface area contributed by atoms with Crippen molar-refractivity contribution in [1.82, 2.24) is 9.88 Å². The van der Waals surface area contributed by atoms with Crippen LogP contribution in [-0.2, 0) is 9.84 Å². The number of nitriles is 1. The number of aromatic nitrogens is 1. The Hall–Kier alpha value is -3.31. The van der Waals surface area contributed by atoms with Crippen molar-refractivity contribution in [3.05, 3.63) is 71.2 Å². The number of aryl methyl sites for hydroxylation is 1. The Morgan fingerprint density at radius 2 is 1.82 bits per heavy atom. The molecule has 0 aliphatic rings. The van der Waals surface area contributed by atoms with E-state index in [1.807, 2.05) is 6.07 Å². The van der Waals surface area contributed by atoms with Crippen LogP contribution in [0, 0.1) is 18.3 Å². The van der Waals surface area contributed by atoms with Gasteiger partial charge in [-0.15, -0.1) is 0 Å². The van der Waals surface area contributed by atoms with Crippen LogP contribution in [0.15, 0.2) is 58.1 Å². The van der Waals surface area contributed by atoms with E-state index < -0.39 is 21.8 Å². The van der Waals surface area contributed by atoms with Crippen molar-refractivity contribution in [3.63, 3.8) is 0 Å². The molecule has 144 valence electrons. The van der Waals surface area contributed by atoms with Gasteiger partial charge in [0.05, 0.1) is 10.9 Å². The summed E-state index contributed by atoms with van der Waals surface area (Å²) in [5.41, 5.74) is 1.09. The summed E-state index contributed by atoms with van der Waals surface area (Å²) >= 11 is 0. The molecule has 0 radical (unpaired) electrons. The zero-order chi connectivity index (χ0) is 20.5. The van der Waals surface area contributed by atoms with E-state index in [2.05, 4.69) is 5.32 Å². The first-order chi connectivity index (χ1) is 13.2. The Morgan fingerprint density at radius 3 is 2.36 bits per heavy atom. The quantitative estimate of drug-likeness (QED) is 0.712. The molecule has 0 fully saturated rings. The van der Waals surface area contributed by atoms with Crippen LogP contribution in [0.1, 0.15) is 40.2 Å². The third kappa shape index (κ3) is 3.70. The second kappa shape index (κ2) is 7.37. The third-order valence-electron chi connectivity index (χ3n) is 4.40. The fourth-order valence-corrected chi connectivity index (χ4v) is 3.55. The summed E-state index contributed by atoms with van der Waals surface area (Å²) in [4.78, 5) is 13.0. The number of nitrogens with zero attached hydrogens (tertiary/aromatic N) is 2. The van der Waals surface area contributed by atoms with Gasteiger partial charge in [-0.3, -0.25) is 9.36 Å². The molecule has 0 bridgehead atoms. The summed E-state index contributed by atoms with van der Waals surface area (Å²) in [6, 6.07) is 11.6. The second-order valence-electron chi connectivity index (χ2n) is 6.45. The van der Waals surface area contributed by atoms with E-state index in [-0.39, 0.29) is 16.0 Å². The molecular weight excluding hydrogens is 378 g/mol. The number of hydrogen-bond donors (Lipinski definition) is 1. The number of carbonyl (C=O) groups is 1. The lowest BCUT2D eigenvalue weighted by Gasteiger charge is -2.14. The molecule has 0 aliphatic carbocycles. The Kier molecular flexibility index (Phi) is 5.12. The smallest absolute Gasteiger partial charge is 0.256 e. The fraction of sp³-hybridized carbons (Fsp3) is 0.200. The number of amides is 1. The summed E-state index contributed by atoms with van der Waals surface area (Å²) < 4.78 is 30.4. The van der Waals surface area contributed by atoms with Gasteiger partial charge in [0, 0.05) is 18.6 Å². The predicted molar refractivity (Wildman–Crippen MR) is 103 cm³/mol. The van der Waals surface area contributed by atoms with E-state index in [1.54, 1.807) is 55.1 Å². The molecule has 8 heteroatoms. The number of furan rings is 1. The monoisotopic (exact) mass is 397 g/mol. The third-order valence-corrected chi connectivity index (χ3v) is 5.53. The maximum atomic E-state index is 12.8. The van der Waals surface area contributed by atoms with Gasteiger partial charge in [0.15, 0.2) is 9.84 Å². The highest BCUT2D eigenvalue weighted by atomic mass is 32.2. The van der Waals surface area contributed by atoms with Crippen molar-refractivity contribution >= 4 is 15.7 Å². The van der Waals surface area contributed by atoms with Crippen molar-refractivity contribution in [2.75, 3.05) is 6.26 Å². The van der Waals surface area contributed by atoms with E-state index in [4.69, 9.17) is 4.42 Å². The number of rotatable bonds is 5. The summed E-state index contributed by atoms with van der Waals surface area (Å²) in [6.07, 6.45) is 4.60. The lowest BCUT2D eigenvalue weighted by molar-refractivity contribution is 0.0938. The number of benzene rings is 1. The topological polar surface area (TPSA) is 105 Å². The highest BCUT2D eigenvalue weighted by Crippen LogP contribution is 2.26. The number of nitrogens with one attached hydrogen (secondary N) is 1. The first-order valence-corrected chi connectivity index (χ1v) is 10.4. The molecule has 2 heterocycles. The van der Waals surface area contributed by atoms with E-state index in [0.29, 0.717) is 11.6 Å². The van der Waals surface area contributed by atoms with Crippen LogP contribution in [0.25, 0.3) is 5.88 Å². The molecule has 3 aromatic rings. The van der Waals surface area contributed by atoms with Crippen LogP contribution in [0.5, 0.6) is 0 Å². The van der Waals surface area contributed by atoms with Gasteiger partial charge in [-0.1, -0.05) is 12.1 Å². The SMILES string of the molecule is Cc1oc(-n2cccc2)c(C#N)c1C(=O)N[C@@H](C)c1ccc(S(C)(=O)=O)cc1. The second-order valence-corrected chi connectivity index (χ2v) is 8.47. The van der Waals surface area contributed by atoms with Crippen LogP contribution in [0.4, 0.5) is 0 Å². The molecule has 7 nitrogen and oxygen atoms in total. The summed E-state index contributed by atoms with van der Waals surface area (Å²) in [6.45, 7) is 3.41. The van der Waals surface area contributed by atoms with Gasteiger partial charge in [0.2, 0.25) is 5.88 Å². The fourth-order valence-electron chi connectivity index (χ4n) is 2.91. The lowest BCUT2D eigenvalue weighted by Crippen LogP contribution is -2.27. The van der Waals surface area contributed by atoms with Crippen LogP contribution in [-0.4, -0.2) is 25.1 Å². The molecular formula is C20H19N3O4S. The van der Waals surface area contributed by atoms with E-state index >= 15 is 0 Å². The van der Waals surface area contributed by atoms with Gasteiger partial charge in [-0.05, 0) is 43.7 Å². The van der Waals surface area contributed by atoms with E-state index in [1.165, 1.54) is 12.1 Å². The average Bonchev–Trinajstić information content (AvgIpc) is 3.28. The van der Waals surface area contributed by atoms with Gasteiger partial charge in [-0.25, -0.2) is 8.42 Å². The van der Waals surface area contributed by atoms with Gasteiger partial charge < -0.3 is 9.73 Å². The molecule has 1 atom stereocenters. The highest BCUT2D eigenvalue weighted by molar-refractivity contribution is 7.90. The van der Waals surface area contributed by atoms with Crippen molar-refractivity contribution in [2.45, 2.75) is 24.8 Å². The molecule has 0 unspecified atom stereocenters. The first kappa shape index (κ1) is 19.5. The molecule has 0 aliphatic heterocycles. The Labute approximate surface area is 163 Å². The zero-order valence-electron chi connectivity index (χ0n) is 15.6. The molecule has 1 aromatic carbocycles. The number of carbonyl (C=O) groups excluding carboxylic acids is 1. The van der Waals surface area contributed by atoms with Gasteiger partial charge >= 0.3 is 0 Å². The first-order valence-electron chi connectivity index (χ1n) is 8.50. The molecule has 2 aromatic heterocycles. The van der Waals surface area contributed by atoms with Crippen molar-refractivity contribution in [2.24, 2.45) is 0 Å². The minimum atomic E-state index is -3.28. The standard InChI is InChI=1S/C20H19N3O4S/c1-13(15-6-8-16(9-7-15)28(3,25)26)22-19(24)18-14(2)27-20(17(18)12-21)23-10-4-5-11-23/h4-11,13H,1-3H3,(H,22,24)/t13-/m0/s1. The van der Waals surface area contributed by atoms with Gasteiger partial charge in [0.25, 0.3) is 5.91 Å². The molecule has 1 amide bonds. The molecule has 0 saturated carbocycles. The maximum absolute atomic E-state index is 12.8. The summed E-state index contributed by atoms with van der Waals surface area (Å²) in [5, 5.41) is 12.4. The zero-order valence-corrected chi connectivity index (χ0v) is 16.4. The number of sulfone groups is 1. The average molecular weight is 397 g/mol. The summed E-state index contributed by atoms with van der Waals surface area (Å²) in [7, 11) is -3.28. The Balaban J connectivity index is 1.86. The Morgan fingerprint density at radius 1 is 1.21 bits per heavy atom. The van der Waals surface area contributed by atoms with Crippen molar-refractivity contribution in [1.29, 1.82) is 5.26 Å². The van der Waals surface area contributed by atoms with Crippen LogP contribution in [0.3, 0.4) is 0 Å². The lowest BCUT2D eigenvalue weighted by atomic mass is 10.1. The van der Waals surface area contributed by atoms with Crippen LogP contribution >= 0.6 is 0 Å². The minimum Gasteiger partial charge on any atom is -0.443 e. The molecule has 1 N–H and O–H groups in total. The van der Waals surface area contributed by atoms with Crippen molar-refractivity contribution < 1.29 is 17.6 Å². The normalized spacial score (nSPS) is 12.4. The van der Waals surface area contributed by atoms with Crippen LogP contribution < -0.4 is 5.32 Å². The number of hydrogen-bond acceptors (Lipinski definition) is 5. The molecule has 28 heavy (non-hydrogen) atoms. The maximum Gasteiger partial charge on any atom is 0.256 e. The largest absolute Gasteiger partial charge is 0.443 e. The van der Waals surface area contributed by atoms with Gasteiger partial charge in [-0.2, -0.15) is 5.26 Å². The minimum absolute atomic E-state index is 0.158. The van der Waals surface area contributed by atoms with E-state index in [9.17, 15) is 18.5 Å². The molecule has 3 rings (SSSR count). The Bertz CT molecular complexity index is 1150. The molecule has 0 saturated heterocycles. The van der Waals surface area contributed by atoms with Gasteiger partial charge in [0.1, 0.15) is 23.0 Å².